The van der Waals surface area contributed by atoms with Crippen LogP contribution < -0.4 is 0 Å². The van der Waals surface area contributed by atoms with Crippen molar-refractivity contribution in [2.45, 2.75) is 26.4 Å². The van der Waals surface area contributed by atoms with Crippen molar-refractivity contribution in [3.63, 3.8) is 0 Å². The molecule has 4 aromatic rings. The van der Waals surface area contributed by atoms with E-state index in [9.17, 15) is 18.4 Å². The number of piperazine rings is 1. The lowest BCUT2D eigenvalue weighted by Gasteiger charge is -2.33. The van der Waals surface area contributed by atoms with Gasteiger partial charge in [0.25, 0.3) is 5.91 Å². The molecule has 1 aliphatic rings. The van der Waals surface area contributed by atoms with Crippen molar-refractivity contribution >= 4 is 22.7 Å². The molecule has 0 atom stereocenters. The predicted molar refractivity (Wildman–Crippen MR) is 137 cm³/mol. The zero-order valence-electron chi connectivity index (χ0n) is 21.1. The average Bonchev–Trinajstić information content (AvgIpc) is 3.55. The second kappa shape index (κ2) is 11.1. The number of aromatic amines is 1. The summed E-state index contributed by atoms with van der Waals surface area (Å²) < 4.78 is 33.6. The maximum Gasteiger partial charge on any atom is 0.275 e. The second-order valence-electron chi connectivity index (χ2n) is 9.48. The van der Waals surface area contributed by atoms with Gasteiger partial charge < -0.3 is 19.2 Å². The number of nitrogens with zero attached hydrogens (tertiary/aromatic N) is 4. The maximum atomic E-state index is 14.5. The van der Waals surface area contributed by atoms with Gasteiger partial charge in [0.05, 0.1) is 6.54 Å². The third-order valence-electron chi connectivity index (χ3n) is 6.92. The van der Waals surface area contributed by atoms with Gasteiger partial charge in [0, 0.05) is 74.9 Å². The lowest BCUT2D eigenvalue weighted by atomic mass is 10.1. The first-order chi connectivity index (χ1) is 18.4. The van der Waals surface area contributed by atoms with Crippen molar-refractivity contribution in [3.8, 4) is 0 Å². The SMILES string of the molecule is CC(=O)N1CCN(C(=O)c2coc(CN(CCc3c[nH]c4ccccc34)Cc3ccc(F)cc3F)n2)CC1. The first-order valence-corrected chi connectivity index (χ1v) is 12.6. The molecule has 0 radical (unpaired) electrons. The summed E-state index contributed by atoms with van der Waals surface area (Å²) >= 11 is 0. The summed E-state index contributed by atoms with van der Waals surface area (Å²) in [6.07, 6.45) is 3.99. The Kier molecular flexibility index (Phi) is 7.50. The molecule has 1 fully saturated rings. The number of amides is 2. The number of rotatable bonds is 8. The van der Waals surface area contributed by atoms with Crippen LogP contribution in [0.4, 0.5) is 8.78 Å². The standard InChI is InChI=1S/C28H29F2N5O3/c1-19(36)34-10-12-35(13-11-34)28(37)26-18-38-27(32-26)17-33(16-21-6-7-22(29)14-24(21)30)9-8-20-15-31-25-5-3-2-4-23(20)25/h2-7,14-15,18,31H,8-13,16-17H2,1H3. The highest BCUT2D eigenvalue weighted by Gasteiger charge is 2.26. The fourth-order valence-electron chi connectivity index (χ4n) is 4.78. The first kappa shape index (κ1) is 25.6. The number of carbonyl (C=O) groups excluding carboxylic acids is 2. The van der Waals surface area contributed by atoms with Gasteiger partial charge in [-0.25, -0.2) is 13.8 Å². The van der Waals surface area contributed by atoms with Gasteiger partial charge in [-0.15, -0.1) is 0 Å². The summed E-state index contributed by atoms with van der Waals surface area (Å²) in [6.45, 7) is 4.36. The quantitative estimate of drug-likeness (QED) is 0.379. The molecule has 0 unspecified atom stereocenters. The number of carbonyl (C=O) groups is 2. The Bertz CT molecular complexity index is 1440. The van der Waals surface area contributed by atoms with Crippen LogP contribution in [0.3, 0.4) is 0 Å². The monoisotopic (exact) mass is 521 g/mol. The van der Waals surface area contributed by atoms with Crippen molar-refractivity contribution in [1.29, 1.82) is 0 Å². The van der Waals surface area contributed by atoms with Crippen LogP contribution in [0.5, 0.6) is 0 Å². The maximum absolute atomic E-state index is 14.5. The third-order valence-corrected chi connectivity index (χ3v) is 6.92. The van der Waals surface area contributed by atoms with E-state index in [1.165, 1.54) is 25.3 Å². The lowest BCUT2D eigenvalue weighted by Crippen LogP contribution is -2.50. The largest absolute Gasteiger partial charge is 0.447 e. The number of benzene rings is 2. The molecule has 10 heteroatoms. The highest BCUT2D eigenvalue weighted by molar-refractivity contribution is 5.92. The van der Waals surface area contributed by atoms with Gasteiger partial charge in [-0.3, -0.25) is 14.5 Å². The van der Waals surface area contributed by atoms with Gasteiger partial charge >= 0.3 is 0 Å². The van der Waals surface area contributed by atoms with E-state index in [0.717, 1.165) is 22.5 Å². The van der Waals surface area contributed by atoms with E-state index >= 15 is 0 Å². The van der Waals surface area contributed by atoms with E-state index < -0.39 is 11.6 Å². The summed E-state index contributed by atoms with van der Waals surface area (Å²) in [5.74, 6) is -1.17. The van der Waals surface area contributed by atoms with Gasteiger partial charge in [0.15, 0.2) is 5.69 Å². The second-order valence-corrected chi connectivity index (χ2v) is 9.48. The number of H-pyrrole nitrogens is 1. The van der Waals surface area contributed by atoms with Crippen molar-refractivity contribution in [2.24, 2.45) is 0 Å². The molecule has 3 heterocycles. The molecular formula is C28H29F2N5O3. The molecule has 0 spiro atoms. The molecule has 1 N–H and O–H groups in total. The van der Waals surface area contributed by atoms with Crippen LogP contribution in [0.25, 0.3) is 10.9 Å². The predicted octanol–water partition coefficient (Wildman–Crippen LogP) is 3.98. The molecule has 2 aromatic heterocycles. The molecule has 38 heavy (non-hydrogen) atoms. The van der Waals surface area contributed by atoms with E-state index in [4.69, 9.17) is 4.42 Å². The van der Waals surface area contributed by atoms with Gasteiger partial charge in [-0.2, -0.15) is 0 Å². The van der Waals surface area contributed by atoms with Crippen molar-refractivity contribution in [2.75, 3.05) is 32.7 Å². The molecule has 2 amide bonds. The smallest absolute Gasteiger partial charge is 0.275 e. The Morgan fingerprint density at radius 3 is 2.55 bits per heavy atom. The summed E-state index contributed by atoms with van der Waals surface area (Å²) in [5.41, 5.74) is 2.72. The van der Waals surface area contributed by atoms with Gasteiger partial charge in [0.2, 0.25) is 11.8 Å². The van der Waals surface area contributed by atoms with E-state index in [0.29, 0.717) is 50.6 Å². The fraction of sp³-hybridized carbons (Fsp3) is 0.321. The van der Waals surface area contributed by atoms with Crippen LogP contribution in [-0.4, -0.2) is 69.2 Å². The number of para-hydroxylation sites is 1. The summed E-state index contributed by atoms with van der Waals surface area (Å²) in [7, 11) is 0. The fourth-order valence-corrected chi connectivity index (χ4v) is 4.78. The topological polar surface area (TPSA) is 85.7 Å². The molecule has 2 aromatic carbocycles. The first-order valence-electron chi connectivity index (χ1n) is 12.6. The molecule has 1 aliphatic heterocycles. The Hall–Kier alpha value is -4.05. The zero-order chi connectivity index (χ0) is 26.6. The van der Waals surface area contributed by atoms with Gasteiger partial charge in [0.1, 0.15) is 17.9 Å². The molecule has 8 nitrogen and oxygen atoms in total. The molecule has 198 valence electrons. The minimum Gasteiger partial charge on any atom is -0.447 e. The van der Waals surface area contributed by atoms with E-state index in [-0.39, 0.29) is 30.6 Å². The van der Waals surface area contributed by atoms with E-state index in [2.05, 4.69) is 9.97 Å². The van der Waals surface area contributed by atoms with Crippen molar-refractivity contribution in [3.05, 3.63) is 89.3 Å². The van der Waals surface area contributed by atoms with Gasteiger partial charge in [-0.05, 0) is 24.1 Å². The Morgan fingerprint density at radius 2 is 1.79 bits per heavy atom. The normalized spacial score (nSPS) is 14.0. The number of nitrogens with one attached hydrogen (secondary N) is 1. The Morgan fingerprint density at radius 1 is 1.03 bits per heavy atom. The molecule has 0 bridgehead atoms. The van der Waals surface area contributed by atoms with Crippen molar-refractivity contribution < 1.29 is 22.8 Å². The number of hydrogen-bond acceptors (Lipinski definition) is 5. The highest BCUT2D eigenvalue weighted by Crippen LogP contribution is 2.20. The van der Waals surface area contributed by atoms with E-state index in [1.54, 1.807) is 9.80 Å². The average molecular weight is 522 g/mol. The summed E-state index contributed by atoms with van der Waals surface area (Å²) in [4.78, 5) is 37.5. The minimum atomic E-state index is -0.628. The van der Waals surface area contributed by atoms with Crippen LogP contribution in [0.15, 0.2) is 59.3 Å². The van der Waals surface area contributed by atoms with Gasteiger partial charge in [-0.1, -0.05) is 24.3 Å². The van der Waals surface area contributed by atoms with Crippen LogP contribution in [-0.2, 0) is 24.3 Å². The van der Waals surface area contributed by atoms with E-state index in [1.807, 2.05) is 35.4 Å². The molecule has 0 saturated carbocycles. The van der Waals surface area contributed by atoms with Crippen LogP contribution in [0.2, 0.25) is 0 Å². The number of fused-ring (bicyclic) bond motifs is 1. The van der Waals surface area contributed by atoms with Crippen LogP contribution in [0, 0.1) is 11.6 Å². The Balaban J connectivity index is 1.29. The molecule has 0 aliphatic carbocycles. The van der Waals surface area contributed by atoms with Crippen LogP contribution in [0.1, 0.15) is 34.4 Å². The molecule has 5 rings (SSSR count). The zero-order valence-corrected chi connectivity index (χ0v) is 21.1. The summed E-state index contributed by atoms with van der Waals surface area (Å²) in [5, 5.41) is 1.12. The number of halogens is 2. The minimum absolute atomic E-state index is 0.00820. The van der Waals surface area contributed by atoms with Crippen molar-refractivity contribution in [1.82, 2.24) is 24.7 Å². The number of hydrogen-bond donors (Lipinski definition) is 1. The Labute approximate surface area is 218 Å². The summed E-state index contributed by atoms with van der Waals surface area (Å²) in [6, 6.07) is 11.6. The number of aromatic nitrogens is 2. The van der Waals surface area contributed by atoms with Crippen LogP contribution >= 0.6 is 0 Å². The lowest BCUT2D eigenvalue weighted by molar-refractivity contribution is -0.130. The molecule has 1 saturated heterocycles. The number of oxazole rings is 1. The molecular weight excluding hydrogens is 492 g/mol. The highest BCUT2D eigenvalue weighted by atomic mass is 19.1. The third kappa shape index (κ3) is 5.75.